The molecule has 0 aliphatic heterocycles. The highest BCUT2D eigenvalue weighted by molar-refractivity contribution is 7.19. The van der Waals surface area contributed by atoms with Gasteiger partial charge < -0.3 is 14.3 Å². The zero-order valence-corrected chi connectivity index (χ0v) is 18.1. The number of hydrogen-bond acceptors (Lipinski definition) is 5. The molecule has 1 amide bonds. The summed E-state index contributed by atoms with van der Waals surface area (Å²) in [7, 11) is 1.94. The molecule has 0 spiro atoms. The van der Waals surface area contributed by atoms with Crippen LogP contribution >= 0.6 is 11.3 Å². The van der Waals surface area contributed by atoms with Crippen LogP contribution in [-0.2, 0) is 18.3 Å². The number of amides is 1. The summed E-state index contributed by atoms with van der Waals surface area (Å²) >= 11 is 1.43. The first kappa shape index (κ1) is 19.4. The molecule has 4 rings (SSSR count). The van der Waals surface area contributed by atoms with Gasteiger partial charge in [0.2, 0.25) is 5.91 Å². The van der Waals surface area contributed by atoms with Gasteiger partial charge in [0.25, 0.3) is 0 Å². The van der Waals surface area contributed by atoms with Crippen molar-refractivity contribution in [2.75, 3.05) is 5.32 Å². The monoisotopic (exact) mass is 408 g/mol. The number of imidazole rings is 1. The molecule has 1 aromatic carbocycles. The van der Waals surface area contributed by atoms with Crippen LogP contribution in [-0.4, -0.2) is 20.4 Å². The Morgan fingerprint density at radius 3 is 2.79 bits per heavy atom. The topological polar surface area (TPSA) is 73.0 Å². The van der Waals surface area contributed by atoms with E-state index < -0.39 is 0 Å². The fourth-order valence-corrected chi connectivity index (χ4v) is 4.60. The Kier molecular flexibility index (Phi) is 5.00. The van der Waals surface area contributed by atoms with E-state index in [0.29, 0.717) is 11.0 Å². The number of fused-ring (bicyclic) bond motifs is 1. The summed E-state index contributed by atoms with van der Waals surface area (Å²) < 4.78 is 7.64. The van der Waals surface area contributed by atoms with Gasteiger partial charge in [-0.05, 0) is 43.0 Å². The van der Waals surface area contributed by atoms with E-state index in [2.05, 4.69) is 48.2 Å². The maximum absolute atomic E-state index is 12.7. The fraction of sp³-hybridized carbons (Fsp3) is 0.318. The lowest BCUT2D eigenvalue weighted by molar-refractivity contribution is -0.115. The van der Waals surface area contributed by atoms with Gasteiger partial charge in [-0.3, -0.25) is 4.79 Å². The normalized spacial score (nSPS) is 11.5. The second-order valence-corrected chi connectivity index (χ2v) is 8.64. The van der Waals surface area contributed by atoms with Gasteiger partial charge in [0, 0.05) is 30.4 Å². The third-order valence-electron chi connectivity index (χ3n) is 5.08. The molecule has 1 N–H and O–H groups in total. The van der Waals surface area contributed by atoms with Crippen LogP contribution in [0.2, 0.25) is 0 Å². The number of thiazole rings is 1. The highest BCUT2D eigenvalue weighted by Gasteiger charge is 2.17. The molecule has 7 heteroatoms. The number of carbonyl (C=O) groups excluding carboxylic acids is 1. The van der Waals surface area contributed by atoms with E-state index in [1.165, 1.54) is 22.5 Å². The van der Waals surface area contributed by atoms with Gasteiger partial charge in [-0.1, -0.05) is 25.2 Å². The zero-order chi connectivity index (χ0) is 20.7. The second-order valence-electron chi connectivity index (χ2n) is 7.64. The molecule has 0 saturated heterocycles. The summed E-state index contributed by atoms with van der Waals surface area (Å²) in [5, 5.41) is 4.51. The van der Waals surface area contributed by atoms with Crippen molar-refractivity contribution in [2.24, 2.45) is 7.05 Å². The second kappa shape index (κ2) is 7.48. The first-order valence-electron chi connectivity index (χ1n) is 9.59. The predicted octanol–water partition coefficient (Wildman–Crippen LogP) is 5.21. The van der Waals surface area contributed by atoms with Crippen LogP contribution in [0.4, 0.5) is 5.13 Å². The van der Waals surface area contributed by atoms with Gasteiger partial charge in [-0.15, -0.1) is 0 Å². The van der Waals surface area contributed by atoms with Crippen molar-refractivity contribution in [3.63, 3.8) is 0 Å². The van der Waals surface area contributed by atoms with Crippen LogP contribution in [0.5, 0.6) is 0 Å². The highest BCUT2D eigenvalue weighted by atomic mass is 32.1. The molecule has 4 aromatic rings. The maximum atomic E-state index is 12.7. The number of benzene rings is 1. The lowest BCUT2D eigenvalue weighted by Crippen LogP contribution is -2.14. The Balaban J connectivity index is 1.55. The Bertz CT molecular complexity index is 1200. The van der Waals surface area contributed by atoms with Gasteiger partial charge in [0.15, 0.2) is 11.0 Å². The summed E-state index contributed by atoms with van der Waals surface area (Å²) in [4.78, 5) is 22.5. The number of aryl methyl sites for hydroxylation is 3. The summed E-state index contributed by atoms with van der Waals surface area (Å²) in [6, 6.07) is 4.20. The number of rotatable bonds is 5. The Morgan fingerprint density at radius 2 is 2.10 bits per heavy atom. The predicted molar refractivity (Wildman–Crippen MR) is 116 cm³/mol. The van der Waals surface area contributed by atoms with Crippen molar-refractivity contribution in [1.29, 1.82) is 0 Å². The van der Waals surface area contributed by atoms with Gasteiger partial charge in [0.05, 0.1) is 23.3 Å². The van der Waals surface area contributed by atoms with E-state index >= 15 is 0 Å². The van der Waals surface area contributed by atoms with Crippen molar-refractivity contribution in [3.8, 4) is 10.7 Å². The first-order chi connectivity index (χ1) is 13.8. The molecule has 0 bridgehead atoms. The third-order valence-corrected chi connectivity index (χ3v) is 6.15. The van der Waals surface area contributed by atoms with Gasteiger partial charge in [-0.2, -0.15) is 0 Å². The molecule has 6 nitrogen and oxygen atoms in total. The standard InChI is InChI=1S/C22H24N4O2S/c1-12(2)16-10-17-15(11-28-18(17)8-13(16)3)9-19(27)25-22-24-14(4)20(29-22)21-23-6-7-26(21)5/h6-8,10-12H,9H2,1-5H3,(H,24,25,27). The average Bonchev–Trinajstić information content (AvgIpc) is 3.33. The molecular formula is C22H24N4O2S. The fourth-order valence-electron chi connectivity index (χ4n) is 3.58. The maximum Gasteiger partial charge on any atom is 0.230 e. The Labute approximate surface area is 173 Å². The van der Waals surface area contributed by atoms with Crippen molar-refractivity contribution in [2.45, 2.75) is 40.0 Å². The molecule has 0 fully saturated rings. The lowest BCUT2D eigenvalue weighted by atomic mass is 9.95. The van der Waals surface area contributed by atoms with Crippen LogP contribution in [0.1, 0.15) is 42.1 Å². The molecule has 0 unspecified atom stereocenters. The van der Waals surface area contributed by atoms with Crippen LogP contribution < -0.4 is 5.32 Å². The molecule has 3 aromatic heterocycles. The number of aromatic nitrogens is 3. The van der Waals surface area contributed by atoms with E-state index in [4.69, 9.17) is 4.42 Å². The lowest BCUT2D eigenvalue weighted by Gasteiger charge is -2.09. The SMILES string of the molecule is Cc1cc2occ(CC(=O)Nc3nc(C)c(-c4nccn4C)s3)c2cc1C(C)C. The van der Waals surface area contributed by atoms with E-state index in [-0.39, 0.29) is 12.3 Å². The van der Waals surface area contributed by atoms with Gasteiger partial charge in [0.1, 0.15) is 5.58 Å². The zero-order valence-electron chi connectivity index (χ0n) is 17.2. The minimum Gasteiger partial charge on any atom is -0.464 e. The minimum atomic E-state index is -0.112. The molecule has 150 valence electrons. The number of anilines is 1. The number of carbonyl (C=O) groups is 1. The smallest absolute Gasteiger partial charge is 0.230 e. The summed E-state index contributed by atoms with van der Waals surface area (Å²) in [5.74, 6) is 1.15. The number of nitrogens with one attached hydrogen (secondary N) is 1. The van der Waals surface area contributed by atoms with E-state index in [0.717, 1.165) is 32.9 Å². The summed E-state index contributed by atoms with van der Waals surface area (Å²) in [5.41, 5.74) is 5.04. The van der Waals surface area contributed by atoms with Gasteiger partial charge in [-0.25, -0.2) is 9.97 Å². The van der Waals surface area contributed by atoms with E-state index in [1.54, 1.807) is 12.5 Å². The summed E-state index contributed by atoms with van der Waals surface area (Å²) in [6.45, 7) is 8.36. The molecule has 0 atom stereocenters. The summed E-state index contributed by atoms with van der Waals surface area (Å²) in [6.07, 6.45) is 5.57. The number of furan rings is 1. The Hall–Kier alpha value is -2.93. The van der Waals surface area contributed by atoms with E-state index in [9.17, 15) is 4.79 Å². The number of hydrogen-bond donors (Lipinski definition) is 1. The molecule has 0 aliphatic carbocycles. The molecule has 29 heavy (non-hydrogen) atoms. The number of nitrogens with zero attached hydrogens (tertiary/aromatic N) is 3. The van der Waals surface area contributed by atoms with E-state index in [1.807, 2.05) is 24.7 Å². The van der Waals surface area contributed by atoms with Crippen LogP contribution in [0, 0.1) is 13.8 Å². The van der Waals surface area contributed by atoms with Crippen LogP contribution in [0.3, 0.4) is 0 Å². The minimum absolute atomic E-state index is 0.112. The molecular weight excluding hydrogens is 384 g/mol. The third kappa shape index (κ3) is 3.70. The first-order valence-corrected chi connectivity index (χ1v) is 10.4. The quantitative estimate of drug-likeness (QED) is 0.492. The molecule has 0 aliphatic rings. The molecule has 0 radical (unpaired) electrons. The molecule has 0 saturated carbocycles. The highest BCUT2D eigenvalue weighted by Crippen LogP contribution is 2.32. The van der Waals surface area contributed by atoms with Crippen molar-refractivity contribution in [1.82, 2.24) is 14.5 Å². The Morgan fingerprint density at radius 1 is 1.31 bits per heavy atom. The van der Waals surface area contributed by atoms with Crippen LogP contribution in [0.15, 0.2) is 35.2 Å². The van der Waals surface area contributed by atoms with Crippen molar-refractivity contribution < 1.29 is 9.21 Å². The van der Waals surface area contributed by atoms with Crippen LogP contribution in [0.25, 0.3) is 21.7 Å². The largest absolute Gasteiger partial charge is 0.464 e. The average molecular weight is 409 g/mol. The molecule has 3 heterocycles. The van der Waals surface area contributed by atoms with Gasteiger partial charge >= 0.3 is 0 Å². The van der Waals surface area contributed by atoms with Crippen molar-refractivity contribution >= 4 is 33.3 Å². The van der Waals surface area contributed by atoms with Crippen molar-refractivity contribution in [3.05, 3.63) is 53.2 Å².